The van der Waals surface area contributed by atoms with Crippen molar-refractivity contribution in [2.24, 2.45) is 10.9 Å². The number of rotatable bonds is 9. The summed E-state index contributed by atoms with van der Waals surface area (Å²) in [6, 6.07) is 8.16. The number of benzene rings is 1. The monoisotopic (exact) mass is 565 g/mol. The molecule has 0 aromatic heterocycles. The van der Waals surface area contributed by atoms with Crippen molar-refractivity contribution in [3.8, 4) is 0 Å². The number of hydrogen-bond acceptors (Lipinski definition) is 4. The highest BCUT2D eigenvalue weighted by Crippen LogP contribution is 2.38. The lowest BCUT2D eigenvalue weighted by Gasteiger charge is -2.38. The van der Waals surface area contributed by atoms with Gasteiger partial charge in [-0.3, -0.25) is 4.99 Å². The van der Waals surface area contributed by atoms with E-state index in [1.54, 1.807) is 0 Å². The van der Waals surface area contributed by atoms with Crippen molar-refractivity contribution in [3.05, 3.63) is 34.9 Å². The Morgan fingerprint density at radius 3 is 2.55 bits per heavy atom. The minimum Gasteiger partial charge on any atom is -0.381 e. The summed E-state index contributed by atoms with van der Waals surface area (Å²) in [4.78, 5) is 4.39. The molecule has 2 N–H and O–H groups in total. The van der Waals surface area contributed by atoms with Crippen molar-refractivity contribution in [1.82, 2.24) is 10.6 Å². The van der Waals surface area contributed by atoms with Gasteiger partial charge in [0.1, 0.15) is 0 Å². The molecule has 0 unspecified atom stereocenters. The zero-order valence-electron chi connectivity index (χ0n) is 18.5. The van der Waals surface area contributed by atoms with Crippen molar-refractivity contribution in [1.29, 1.82) is 0 Å². The average Bonchev–Trinajstić information content (AvgIpc) is 2.79. The maximum absolute atomic E-state index is 6.55. The van der Waals surface area contributed by atoms with Gasteiger partial charge in [0, 0.05) is 70.2 Å². The molecule has 2 saturated heterocycles. The maximum Gasteiger partial charge on any atom is 0.191 e. The van der Waals surface area contributed by atoms with Crippen LogP contribution in [0.25, 0.3) is 0 Å². The number of halogens is 2. The van der Waals surface area contributed by atoms with E-state index in [0.717, 1.165) is 95.8 Å². The van der Waals surface area contributed by atoms with E-state index in [9.17, 15) is 0 Å². The van der Waals surface area contributed by atoms with Crippen LogP contribution in [0.15, 0.2) is 29.3 Å². The number of guanidine groups is 1. The molecule has 176 valence electrons. The third-order valence-corrected chi connectivity index (χ3v) is 6.49. The number of hydrogen-bond donors (Lipinski definition) is 2. The van der Waals surface area contributed by atoms with Crippen LogP contribution in [0.3, 0.4) is 0 Å². The van der Waals surface area contributed by atoms with E-state index in [-0.39, 0.29) is 29.4 Å². The highest BCUT2D eigenvalue weighted by molar-refractivity contribution is 14.0. The van der Waals surface area contributed by atoms with Gasteiger partial charge >= 0.3 is 0 Å². The second-order valence-electron chi connectivity index (χ2n) is 8.21. The topological polar surface area (TPSA) is 64.1 Å². The molecule has 0 amide bonds. The van der Waals surface area contributed by atoms with Gasteiger partial charge in [-0.1, -0.05) is 29.8 Å². The first-order chi connectivity index (χ1) is 14.7. The third-order valence-electron chi connectivity index (χ3n) is 6.17. The van der Waals surface area contributed by atoms with Gasteiger partial charge in [0.25, 0.3) is 0 Å². The van der Waals surface area contributed by atoms with E-state index < -0.39 is 0 Å². The van der Waals surface area contributed by atoms with E-state index in [2.05, 4.69) is 27.8 Å². The molecule has 1 aromatic carbocycles. The molecule has 2 fully saturated rings. The molecule has 2 heterocycles. The second-order valence-corrected chi connectivity index (χ2v) is 8.62. The van der Waals surface area contributed by atoms with E-state index in [4.69, 9.17) is 25.8 Å². The molecule has 3 rings (SSSR count). The Bertz CT molecular complexity index is 665. The zero-order chi connectivity index (χ0) is 21.1. The molecule has 6 nitrogen and oxygen atoms in total. The molecule has 1 aromatic rings. The van der Waals surface area contributed by atoms with Crippen molar-refractivity contribution >= 4 is 41.5 Å². The first-order valence-corrected chi connectivity index (χ1v) is 11.5. The van der Waals surface area contributed by atoms with Crippen molar-refractivity contribution in [3.63, 3.8) is 0 Å². The fourth-order valence-electron chi connectivity index (χ4n) is 4.21. The minimum absolute atomic E-state index is 0. The van der Waals surface area contributed by atoms with E-state index in [1.165, 1.54) is 5.56 Å². The van der Waals surface area contributed by atoms with Crippen LogP contribution in [0.1, 0.15) is 37.7 Å². The molecule has 0 atom stereocenters. The van der Waals surface area contributed by atoms with Gasteiger partial charge in [-0.05, 0) is 49.7 Å². The molecule has 0 saturated carbocycles. The van der Waals surface area contributed by atoms with Crippen molar-refractivity contribution < 1.29 is 14.2 Å². The Kier molecular flexibility index (Phi) is 12.5. The number of nitrogens with one attached hydrogen (secondary N) is 2. The standard InChI is InChI=1S/C23H36ClN3O3.HI/c1-25-22(26-11-4-12-30-17-19-7-13-28-14-8-19)27-18-23(9-15-29-16-10-23)20-5-2-3-6-21(20)24;/h2-3,5-6,19H,4,7-18H2,1H3,(H2,25,26,27);1H. The summed E-state index contributed by atoms with van der Waals surface area (Å²) in [6.07, 6.45) is 5.08. The number of ether oxygens (including phenoxy) is 3. The molecular formula is C23H37ClIN3O3. The molecule has 0 radical (unpaired) electrons. The van der Waals surface area contributed by atoms with Crippen LogP contribution in [0, 0.1) is 5.92 Å². The van der Waals surface area contributed by atoms with Gasteiger partial charge < -0.3 is 24.8 Å². The lowest BCUT2D eigenvalue weighted by atomic mass is 9.74. The molecule has 2 aliphatic heterocycles. The Morgan fingerprint density at radius 1 is 1.13 bits per heavy atom. The number of aliphatic imine (C=N–C) groups is 1. The van der Waals surface area contributed by atoms with Crippen LogP contribution in [0.4, 0.5) is 0 Å². The summed E-state index contributed by atoms with van der Waals surface area (Å²) in [6.45, 7) is 6.47. The lowest BCUT2D eigenvalue weighted by Crippen LogP contribution is -2.48. The van der Waals surface area contributed by atoms with Gasteiger partial charge in [-0.15, -0.1) is 24.0 Å². The first-order valence-electron chi connectivity index (χ1n) is 11.2. The average molecular weight is 566 g/mol. The summed E-state index contributed by atoms with van der Waals surface area (Å²) >= 11 is 6.55. The largest absolute Gasteiger partial charge is 0.381 e. The Balaban J connectivity index is 0.00000341. The van der Waals surface area contributed by atoms with E-state index >= 15 is 0 Å². The summed E-state index contributed by atoms with van der Waals surface area (Å²) < 4.78 is 16.9. The van der Waals surface area contributed by atoms with Gasteiger partial charge in [-0.2, -0.15) is 0 Å². The Labute approximate surface area is 208 Å². The van der Waals surface area contributed by atoms with Crippen LogP contribution in [-0.2, 0) is 19.6 Å². The lowest BCUT2D eigenvalue weighted by molar-refractivity contribution is 0.0203. The van der Waals surface area contributed by atoms with E-state index in [1.807, 2.05) is 19.2 Å². The van der Waals surface area contributed by atoms with Gasteiger partial charge in [-0.25, -0.2) is 0 Å². The summed E-state index contributed by atoms with van der Waals surface area (Å²) in [5.74, 6) is 1.47. The molecular weight excluding hydrogens is 529 g/mol. The van der Waals surface area contributed by atoms with Crippen molar-refractivity contribution in [2.75, 3.05) is 59.8 Å². The second kappa shape index (κ2) is 14.5. The van der Waals surface area contributed by atoms with Crippen LogP contribution < -0.4 is 10.6 Å². The predicted molar refractivity (Wildman–Crippen MR) is 137 cm³/mol. The third kappa shape index (κ3) is 8.35. The normalized spacial score (nSPS) is 19.5. The van der Waals surface area contributed by atoms with Crippen LogP contribution >= 0.6 is 35.6 Å². The maximum atomic E-state index is 6.55. The highest BCUT2D eigenvalue weighted by atomic mass is 127. The Morgan fingerprint density at radius 2 is 1.84 bits per heavy atom. The van der Waals surface area contributed by atoms with Crippen LogP contribution in [0.2, 0.25) is 5.02 Å². The van der Waals surface area contributed by atoms with Gasteiger partial charge in [0.2, 0.25) is 0 Å². The fourth-order valence-corrected chi connectivity index (χ4v) is 4.55. The highest BCUT2D eigenvalue weighted by Gasteiger charge is 2.36. The molecule has 31 heavy (non-hydrogen) atoms. The van der Waals surface area contributed by atoms with Gasteiger partial charge in [0.05, 0.1) is 0 Å². The molecule has 0 spiro atoms. The van der Waals surface area contributed by atoms with Crippen LogP contribution in [0.5, 0.6) is 0 Å². The van der Waals surface area contributed by atoms with Crippen LogP contribution in [-0.4, -0.2) is 65.7 Å². The summed E-state index contributed by atoms with van der Waals surface area (Å²) in [5.41, 5.74) is 1.15. The molecule has 0 bridgehead atoms. The fraction of sp³-hybridized carbons (Fsp3) is 0.696. The minimum atomic E-state index is -0.0406. The first kappa shape index (κ1) is 26.6. The summed E-state index contributed by atoms with van der Waals surface area (Å²) in [5, 5.41) is 7.75. The Hall–Kier alpha value is -0.610. The molecule has 8 heteroatoms. The predicted octanol–water partition coefficient (Wildman–Crippen LogP) is 4.00. The van der Waals surface area contributed by atoms with Crippen molar-refractivity contribution in [2.45, 2.75) is 37.5 Å². The zero-order valence-corrected chi connectivity index (χ0v) is 21.6. The SMILES string of the molecule is CN=C(NCCCOCC1CCOCC1)NCC1(c2ccccc2Cl)CCOCC1.I. The summed E-state index contributed by atoms with van der Waals surface area (Å²) in [7, 11) is 1.81. The van der Waals surface area contributed by atoms with E-state index in [0.29, 0.717) is 5.92 Å². The van der Waals surface area contributed by atoms with Gasteiger partial charge in [0.15, 0.2) is 5.96 Å². The molecule has 2 aliphatic rings. The number of nitrogens with zero attached hydrogens (tertiary/aromatic N) is 1. The quantitative estimate of drug-likeness (QED) is 0.205. The molecule has 0 aliphatic carbocycles. The smallest absolute Gasteiger partial charge is 0.191 e.